The smallest absolute Gasteiger partial charge is 0.253 e. The van der Waals surface area contributed by atoms with Crippen molar-refractivity contribution in [1.82, 2.24) is 4.90 Å². The summed E-state index contributed by atoms with van der Waals surface area (Å²) in [5.41, 5.74) is 1.98. The summed E-state index contributed by atoms with van der Waals surface area (Å²) in [5.74, 6) is 0.879. The van der Waals surface area contributed by atoms with Crippen LogP contribution in [0.1, 0.15) is 28.8 Å². The molecule has 0 atom stereocenters. The summed E-state index contributed by atoms with van der Waals surface area (Å²) in [6.07, 6.45) is 2.56. The lowest BCUT2D eigenvalue weighted by Gasteiger charge is -2.16. The van der Waals surface area contributed by atoms with Gasteiger partial charge in [-0.05, 0) is 36.5 Å². The first-order valence-corrected chi connectivity index (χ1v) is 6.73. The van der Waals surface area contributed by atoms with Crippen LogP contribution in [0.4, 0.5) is 0 Å². The van der Waals surface area contributed by atoms with Gasteiger partial charge in [0.25, 0.3) is 5.91 Å². The standard InChI is InChI=1S/C13H16BrNO/c1-15(9-11-2-3-11)13(16)12-6-4-10(8-14)5-7-12/h4-7,11H,2-3,8-9H2,1H3. The van der Waals surface area contributed by atoms with Gasteiger partial charge in [0.2, 0.25) is 0 Å². The molecule has 1 fully saturated rings. The van der Waals surface area contributed by atoms with Crippen LogP contribution in [-0.2, 0) is 5.33 Å². The van der Waals surface area contributed by atoms with Crippen molar-refractivity contribution in [2.24, 2.45) is 5.92 Å². The van der Waals surface area contributed by atoms with Crippen LogP contribution in [0.5, 0.6) is 0 Å². The number of hydrogen-bond donors (Lipinski definition) is 0. The topological polar surface area (TPSA) is 20.3 Å². The summed E-state index contributed by atoms with van der Waals surface area (Å²) in [7, 11) is 1.89. The highest BCUT2D eigenvalue weighted by atomic mass is 79.9. The lowest BCUT2D eigenvalue weighted by molar-refractivity contribution is 0.0788. The zero-order valence-corrected chi connectivity index (χ0v) is 11.0. The van der Waals surface area contributed by atoms with Crippen molar-refractivity contribution in [3.8, 4) is 0 Å². The van der Waals surface area contributed by atoms with Crippen molar-refractivity contribution in [2.75, 3.05) is 13.6 Å². The molecule has 0 heterocycles. The van der Waals surface area contributed by atoms with E-state index in [1.54, 1.807) is 0 Å². The monoisotopic (exact) mass is 281 g/mol. The minimum atomic E-state index is 0.132. The molecule has 86 valence electrons. The van der Waals surface area contributed by atoms with E-state index in [1.807, 2.05) is 36.2 Å². The zero-order chi connectivity index (χ0) is 11.5. The minimum absolute atomic E-state index is 0.132. The van der Waals surface area contributed by atoms with Crippen LogP contribution in [0.2, 0.25) is 0 Å². The van der Waals surface area contributed by atoms with E-state index in [-0.39, 0.29) is 5.91 Å². The number of benzene rings is 1. The largest absolute Gasteiger partial charge is 0.341 e. The maximum Gasteiger partial charge on any atom is 0.253 e. The fourth-order valence-electron chi connectivity index (χ4n) is 1.73. The van der Waals surface area contributed by atoms with Gasteiger partial charge in [0.05, 0.1) is 0 Å². The Hall–Kier alpha value is -0.830. The predicted octanol–water partition coefficient (Wildman–Crippen LogP) is 3.06. The van der Waals surface area contributed by atoms with E-state index in [2.05, 4.69) is 15.9 Å². The van der Waals surface area contributed by atoms with E-state index in [4.69, 9.17) is 0 Å². The highest BCUT2D eigenvalue weighted by molar-refractivity contribution is 9.08. The van der Waals surface area contributed by atoms with Crippen molar-refractivity contribution in [3.05, 3.63) is 35.4 Å². The third kappa shape index (κ3) is 2.85. The number of halogens is 1. The Bertz CT molecular complexity index is 370. The zero-order valence-electron chi connectivity index (χ0n) is 9.45. The van der Waals surface area contributed by atoms with E-state index < -0.39 is 0 Å². The van der Waals surface area contributed by atoms with E-state index >= 15 is 0 Å². The molecule has 2 rings (SSSR count). The Morgan fingerprint density at radius 3 is 2.50 bits per heavy atom. The summed E-state index contributed by atoms with van der Waals surface area (Å²) in [6.45, 7) is 0.902. The Kier molecular flexibility index (Phi) is 3.64. The molecule has 0 saturated heterocycles. The first kappa shape index (κ1) is 11.6. The summed E-state index contributed by atoms with van der Waals surface area (Å²) >= 11 is 3.39. The maximum absolute atomic E-state index is 12.0. The Morgan fingerprint density at radius 1 is 1.38 bits per heavy atom. The molecule has 1 aromatic rings. The van der Waals surface area contributed by atoms with E-state index in [0.29, 0.717) is 0 Å². The summed E-state index contributed by atoms with van der Waals surface area (Å²) in [5, 5.41) is 0.833. The molecule has 1 aliphatic rings. The SMILES string of the molecule is CN(CC1CC1)C(=O)c1ccc(CBr)cc1. The molecule has 0 aliphatic heterocycles. The van der Waals surface area contributed by atoms with Gasteiger partial charge in [-0.1, -0.05) is 28.1 Å². The molecule has 0 unspecified atom stereocenters. The van der Waals surface area contributed by atoms with Crippen molar-refractivity contribution in [3.63, 3.8) is 0 Å². The van der Waals surface area contributed by atoms with Crippen LogP contribution >= 0.6 is 15.9 Å². The quantitative estimate of drug-likeness (QED) is 0.777. The Labute approximate surface area is 105 Å². The number of carbonyl (C=O) groups excluding carboxylic acids is 1. The van der Waals surface area contributed by atoms with Crippen LogP contribution < -0.4 is 0 Å². The highest BCUT2D eigenvalue weighted by Crippen LogP contribution is 2.29. The average Bonchev–Trinajstić information content (AvgIpc) is 3.12. The van der Waals surface area contributed by atoms with Crippen molar-refractivity contribution in [1.29, 1.82) is 0 Å². The molecule has 1 aliphatic carbocycles. The van der Waals surface area contributed by atoms with Gasteiger partial charge in [-0.25, -0.2) is 0 Å². The number of alkyl halides is 1. The van der Waals surface area contributed by atoms with Gasteiger partial charge in [0.15, 0.2) is 0 Å². The number of amides is 1. The first-order valence-electron chi connectivity index (χ1n) is 5.61. The number of nitrogens with zero attached hydrogens (tertiary/aromatic N) is 1. The van der Waals surface area contributed by atoms with Crippen LogP contribution in [-0.4, -0.2) is 24.4 Å². The van der Waals surface area contributed by atoms with Gasteiger partial charge in [-0.2, -0.15) is 0 Å². The van der Waals surface area contributed by atoms with Gasteiger partial charge >= 0.3 is 0 Å². The molecule has 1 amide bonds. The third-order valence-corrected chi connectivity index (χ3v) is 3.58. The summed E-state index contributed by atoms with van der Waals surface area (Å²) in [6, 6.07) is 7.80. The summed E-state index contributed by atoms with van der Waals surface area (Å²) < 4.78 is 0. The van der Waals surface area contributed by atoms with Crippen molar-refractivity contribution in [2.45, 2.75) is 18.2 Å². The molecule has 1 aromatic carbocycles. The van der Waals surface area contributed by atoms with Crippen molar-refractivity contribution < 1.29 is 4.79 Å². The van der Waals surface area contributed by atoms with E-state index in [1.165, 1.54) is 18.4 Å². The van der Waals surface area contributed by atoms with Gasteiger partial charge in [-0.3, -0.25) is 4.79 Å². The average molecular weight is 282 g/mol. The minimum Gasteiger partial charge on any atom is -0.341 e. The maximum atomic E-state index is 12.0. The number of rotatable bonds is 4. The molecule has 0 N–H and O–H groups in total. The molecule has 1 saturated carbocycles. The summed E-state index contributed by atoms with van der Waals surface area (Å²) in [4.78, 5) is 13.9. The molecular formula is C13H16BrNO. The second kappa shape index (κ2) is 5.00. The van der Waals surface area contributed by atoms with Crippen LogP contribution in [0.25, 0.3) is 0 Å². The molecule has 2 nitrogen and oxygen atoms in total. The van der Waals surface area contributed by atoms with Gasteiger partial charge < -0.3 is 4.90 Å². The van der Waals surface area contributed by atoms with Gasteiger partial charge in [-0.15, -0.1) is 0 Å². The molecule has 16 heavy (non-hydrogen) atoms. The first-order chi connectivity index (χ1) is 7.70. The highest BCUT2D eigenvalue weighted by Gasteiger charge is 2.25. The lowest BCUT2D eigenvalue weighted by Crippen LogP contribution is -2.28. The van der Waals surface area contributed by atoms with Gasteiger partial charge in [0.1, 0.15) is 0 Å². The molecule has 0 radical (unpaired) electrons. The normalized spacial score (nSPS) is 14.9. The fourth-order valence-corrected chi connectivity index (χ4v) is 2.10. The molecule has 0 spiro atoms. The number of hydrogen-bond acceptors (Lipinski definition) is 1. The molecule has 0 bridgehead atoms. The fraction of sp³-hybridized carbons (Fsp3) is 0.462. The third-order valence-electron chi connectivity index (χ3n) is 2.93. The second-order valence-corrected chi connectivity index (χ2v) is 5.02. The van der Waals surface area contributed by atoms with Crippen molar-refractivity contribution >= 4 is 21.8 Å². The molecule has 0 aromatic heterocycles. The van der Waals surface area contributed by atoms with Crippen LogP contribution in [0.3, 0.4) is 0 Å². The van der Waals surface area contributed by atoms with Crippen LogP contribution in [0, 0.1) is 5.92 Å². The lowest BCUT2D eigenvalue weighted by atomic mass is 10.1. The molecular weight excluding hydrogens is 266 g/mol. The van der Waals surface area contributed by atoms with Gasteiger partial charge in [0, 0.05) is 24.5 Å². The van der Waals surface area contributed by atoms with Crippen LogP contribution in [0.15, 0.2) is 24.3 Å². The molecule has 3 heteroatoms. The Morgan fingerprint density at radius 2 is 2.00 bits per heavy atom. The Balaban J connectivity index is 2.00. The predicted molar refractivity (Wildman–Crippen MR) is 68.8 cm³/mol. The number of carbonyl (C=O) groups is 1. The van der Waals surface area contributed by atoms with E-state index in [0.717, 1.165) is 23.4 Å². The van der Waals surface area contributed by atoms with E-state index in [9.17, 15) is 4.79 Å². The second-order valence-electron chi connectivity index (χ2n) is 4.46.